The molecule has 1 N–H and O–H groups in total. The second kappa shape index (κ2) is 5.76. The van der Waals surface area contributed by atoms with Crippen LogP contribution in [0.5, 0.6) is 0 Å². The fourth-order valence-electron chi connectivity index (χ4n) is 2.00. The molecule has 0 amide bonds. The van der Waals surface area contributed by atoms with E-state index in [1.807, 2.05) is 20.3 Å². The lowest BCUT2D eigenvalue weighted by Gasteiger charge is -2.15. The number of nitrogens with one attached hydrogen (secondary N) is 1. The van der Waals surface area contributed by atoms with Crippen molar-refractivity contribution in [3.63, 3.8) is 0 Å². The van der Waals surface area contributed by atoms with Crippen LogP contribution in [-0.4, -0.2) is 35.0 Å². The summed E-state index contributed by atoms with van der Waals surface area (Å²) in [4.78, 5) is 11.3. The van der Waals surface area contributed by atoms with E-state index in [0.717, 1.165) is 25.0 Å². The van der Waals surface area contributed by atoms with Gasteiger partial charge in [-0.25, -0.2) is 9.97 Å². The minimum absolute atomic E-state index is 0.449. The second-order valence-electron chi connectivity index (χ2n) is 5.74. The third kappa shape index (κ3) is 3.75. The SMILES string of the molecule is CC(C)c1nc(CN(C)C)ncc1CNC1CC1. The van der Waals surface area contributed by atoms with Gasteiger partial charge in [-0.1, -0.05) is 13.8 Å². The highest BCUT2D eigenvalue weighted by Crippen LogP contribution is 2.21. The summed E-state index contributed by atoms with van der Waals surface area (Å²) in [5.74, 6) is 1.36. The lowest BCUT2D eigenvalue weighted by molar-refractivity contribution is 0.389. The molecular weight excluding hydrogens is 224 g/mol. The zero-order valence-electron chi connectivity index (χ0n) is 11.9. The van der Waals surface area contributed by atoms with Crippen molar-refractivity contribution >= 4 is 0 Å². The quantitative estimate of drug-likeness (QED) is 0.835. The van der Waals surface area contributed by atoms with Crippen LogP contribution in [0, 0.1) is 0 Å². The number of nitrogens with zero attached hydrogens (tertiary/aromatic N) is 3. The largest absolute Gasteiger partial charge is 0.310 e. The van der Waals surface area contributed by atoms with Crippen LogP contribution in [0.3, 0.4) is 0 Å². The van der Waals surface area contributed by atoms with Gasteiger partial charge in [-0.2, -0.15) is 0 Å². The molecule has 100 valence electrons. The molecule has 18 heavy (non-hydrogen) atoms. The van der Waals surface area contributed by atoms with Crippen LogP contribution in [-0.2, 0) is 13.1 Å². The molecule has 1 heterocycles. The predicted molar refractivity (Wildman–Crippen MR) is 73.4 cm³/mol. The van der Waals surface area contributed by atoms with Crippen molar-refractivity contribution in [3.8, 4) is 0 Å². The molecule has 1 aliphatic carbocycles. The Bertz CT molecular complexity index is 397. The standard InChI is InChI=1S/C14H24N4/c1-10(2)14-11(7-15-12-5-6-12)8-16-13(17-14)9-18(3)4/h8,10,12,15H,5-7,9H2,1-4H3. The van der Waals surface area contributed by atoms with E-state index in [0.29, 0.717) is 5.92 Å². The molecule has 2 rings (SSSR count). The average molecular weight is 248 g/mol. The Balaban J connectivity index is 2.11. The lowest BCUT2D eigenvalue weighted by Crippen LogP contribution is -2.20. The Morgan fingerprint density at radius 2 is 2.11 bits per heavy atom. The van der Waals surface area contributed by atoms with Gasteiger partial charge in [0.1, 0.15) is 5.82 Å². The van der Waals surface area contributed by atoms with E-state index in [-0.39, 0.29) is 0 Å². The van der Waals surface area contributed by atoms with E-state index in [1.165, 1.54) is 24.1 Å². The highest BCUT2D eigenvalue weighted by atomic mass is 15.1. The third-order valence-corrected chi connectivity index (χ3v) is 3.11. The van der Waals surface area contributed by atoms with Crippen LogP contribution >= 0.6 is 0 Å². The predicted octanol–water partition coefficient (Wildman–Crippen LogP) is 1.91. The minimum Gasteiger partial charge on any atom is -0.310 e. The van der Waals surface area contributed by atoms with Crippen LogP contribution in [0.1, 0.15) is 49.7 Å². The van der Waals surface area contributed by atoms with Gasteiger partial charge in [0.25, 0.3) is 0 Å². The monoisotopic (exact) mass is 248 g/mol. The smallest absolute Gasteiger partial charge is 0.142 e. The molecule has 1 aromatic heterocycles. The Labute approximate surface area is 110 Å². The second-order valence-corrected chi connectivity index (χ2v) is 5.74. The number of aromatic nitrogens is 2. The first-order valence-corrected chi connectivity index (χ1v) is 6.79. The van der Waals surface area contributed by atoms with Crippen molar-refractivity contribution < 1.29 is 0 Å². The third-order valence-electron chi connectivity index (χ3n) is 3.11. The van der Waals surface area contributed by atoms with Gasteiger partial charge in [0.2, 0.25) is 0 Å². The summed E-state index contributed by atoms with van der Waals surface area (Å²) < 4.78 is 0. The van der Waals surface area contributed by atoms with E-state index in [9.17, 15) is 0 Å². The fraction of sp³-hybridized carbons (Fsp3) is 0.714. The lowest BCUT2D eigenvalue weighted by atomic mass is 10.1. The highest BCUT2D eigenvalue weighted by Gasteiger charge is 2.21. The maximum absolute atomic E-state index is 4.72. The van der Waals surface area contributed by atoms with E-state index < -0.39 is 0 Å². The normalized spacial score (nSPS) is 15.7. The van der Waals surface area contributed by atoms with Crippen molar-refractivity contribution in [2.24, 2.45) is 0 Å². The summed E-state index contributed by atoms with van der Waals surface area (Å²) in [5, 5.41) is 3.54. The maximum Gasteiger partial charge on any atom is 0.142 e. The summed E-state index contributed by atoms with van der Waals surface area (Å²) in [6.45, 7) is 6.10. The van der Waals surface area contributed by atoms with Gasteiger partial charge in [-0.05, 0) is 32.9 Å². The van der Waals surface area contributed by atoms with E-state index in [2.05, 4.69) is 29.0 Å². The molecule has 0 aromatic carbocycles. The van der Waals surface area contributed by atoms with Gasteiger partial charge in [0.05, 0.1) is 12.2 Å². The summed E-state index contributed by atoms with van der Waals surface area (Å²) in [5.41, 5.74) is 2.44. The molecule has 1 aliphatic rings. The molecule has 0 bridgehead atoms. The molecule has 1 saturated carbocycles. The first-order chi connectivity index (χ1) is 8.56. The zero-order chi connectivity index (χ0) is 13.1. The molecule has 1 fully saturated rings. The molecule has 0 atom stereocenters. The molecule has 0 spiro atoms. The maximum atomic E-state index is 4.72. The zero-order valence-corrected chi connectivity index (χ0v) is 11.9. The molecule has 1 aromatic rings. The van der Waals surface area contributed by atoms with Crippen molar-refractivity contribution in [2.75, 3.05) is 14.1 Å². The molecule has 0 radical (unpaired) electrons. The van der Waals surface area contributed by atoms with Gasteiger partial charge in [-0.3, -0.25) is 0 Å². The Morgan fingerprint density at radius 3 is 2.67 bits per heavy atom. The molecule has 4 heteroatoms. The number of hydrogen-bond donors (Lipinski definition) is 1. The van der Waals surface area contributed by atoms with Crippen LogP contribution in [0.15, 0.2) is 6.20 Å². The Hall–Kier alpha value is -1.00. The number of hydrogen-bond acceptors (Lipinski definition) is 4. The van der Waals surface area contributed by atoms with Gasteiger partial charge in [-0.15, -0.1) is 0 Å². The van der Waals surface area contributed by atoms with Crippen LogP contribution in [0.25, 0.3) is 0 Å². The molecule has 4 nitrogen and oxygen atoms in total. The average Bonchev–Trinajstić information content (AvgIpc) is 3.10. The summed E-state index contributed by atoms with van der Waals surface area (Å²) in [6, 6.07) is 0.728. The highest BCUT2D eigenvalue weighted by molar-refractivity contribution is 5.21. The van der Waals surface area contributed by atoms with E-state index in [4.69, 9.17) is 4.98 Å². The molecular formula is C14H24N4. The van der Waals surface area contributed by atoms with Gasteiger partial charge >= 0.3 is 0 Å². The van der Waals surface area contributed by atoms with Gasteiger partial charge in [0, 0.05) is 24.3 Å². The van der Waals surface area contributed by atoms with Gasteiger partial charge < -0.3 is 10.2 Å². The molecule has 0 aliphatic heterocycles. The minimum atomic E-state index is 0.449. The van der Waals surface area contributed by atoms with Crippen LogP contribution in [0.4, 0.5) is 0 Å². The van der Waals surface area contributed by atoms with Crippen molar-refractivity contribution in [3.05, 3.63) is 23.3 Å². The molecule has 0 saturated heterocycles. The van der Waals surface area contributed by atoms with Crippen molar-refractivity contribution in [1.29, 1.82) is 0 Å². The van der Waals surface area contributed by atoms with Gasteiger partial charge in [0.15, 0.2) is 0 Å². The fourth-order valence-corrected chi connectivity index (χ4v) is 2.00. The Kier molecular flexibility index (Phi) is 4.30. The Morgan fingerprint density at radius 1 is 1.39 bits per heavy atom. The first-order valence-electron chi connectivity index (χ1n) is 6.79. The topological polar surface area (TPSA) is 41.1 Å². The van der Waals surface area contributed by atoms with E-state index >= 15 is 0 Å². The summed E-state index contributed by atoms with van der Waals surface area (Å²) in [6.07, 6.45) is 4.63. The van der Waals surface area contributed by atoms with E-state index in [1.54, 1.807) is 0 Å². The van der Waals surface area contributed by atoms with Crippen molar-refractivity contribution in [2.45, 2.75) is 51.7 Å². The summed E-state index contributed by atoms with van der Waals surface area (Å²) >= 11 is 0. The summed E-state index contributed by atoms with van der Waals surface area (Å²) in [7, 11) is 4.09. The van der Waals surface area contributed by atoms with Crippen LogP contribution < -0.4 is 5.32 Å². The van der Waals surface area contributed by atoms with Crippen molar-refractivity contribution in [1.82, 2.24) is 20.2 Å². The number of rotatable bonds is 6. The van der Waals surface area contributed by atoms with Crippen LogP contribution in [0.2, 0.25) is 0 Å². The molecule has 0 unspecified atom stereocenters. The first kappa shape index (κ1) is 13.4.